The molecule has 0 saturated carbocycles. The van der Waals surface area contributed by atoms with Gasteiger partial charge in [0.15, 0.2) is 0 Å². The Hall–Kier alpha value is -0.960. The third kappa shape index (κ3) is 3.82. The Balaban J connectivity index is 1.97. The quantitative estimate of drug-likeness (QED) is 0.604. The third-order valence-corrected chi connectivity index (χ3v) is 4.13. The second kappa shape index (κ2) is 6.04. The number of carbonyl (C=O) groups is 1. The van der Waals surface area contributed by atoms with Crippen LogP contribution < -0.4 is 0 Å². The minimum atomic E-state index is -0.968. The van der Waals surface area contributed by atoms with Crippen LogP contribution in [0.2, 0.25) is 0 Å². The number of pyridine rings is 1. The lowest BCUT2D eigenvalue weighted by atomic mass is 9.90. The van der Waals surface area contributed by atoms with Crippen LogP contribution in [0.3, 0.4) is 0 Å². The average Bonchev–Trinajstić information content (AvgIpc) is 2.23. The first-order chi connectivity index (χ1) is 9.69. The standard InChI is InChI=1S/C14H18FIN2O3/c1-14(2,3)21-13(20)18-6-8(7-18)11(19)10-9(16)4-5-17-12(10)15/h4-5,8,11,19H,6-7H2,1-3H3. The predicted molar refractivity (Wildman–Crippen MR) is 83.2 cm³/mol. The van der Waals surface area contributed by atoms with Crippen LogP contribution in [0.25, 0.3) is 0 Å². The zero-order valence-electron chi connectivity index (χ0n) is 12.1. The molecule has 0 bridgehead atoms. The Labute approximate surface area is 136 Å². The Kier molecular flexibility index (Phi) is 4.72. The molecule has 21 heavy (non-hydrogen) atoms. The number of ether oxygens (including phenoxy) is 1. The number of aromatic nitrogens is 1. The molecule has 0 aliphatic carbocycles. The van der Waals surface area contributed by atoms with Gasteiger partial charge >= 0.3 is 6.09 Å². The summed E-state index contributed by atoms with van der Waals surface area (Å²) in [7, 11) is 0. The molecular formula is C14H18FIN2O3. The van der Waals surface area contributed by atoms with Gasteiger partial charge in [-0.05, 0) is 49.4 Å². The summed E-state index contributed by atoms with van der Waals surface area (Å²) in [5.74, 6) is -0.866. The van der Waals surface area contributed by atoms with Crippen LogP contribution in [-0.2, 0) is 4.74 Å². The van der Waals surface area contributed by atoms with Gasteiger partial charge in [0.2, 0.25) is 5.95 Å². The number of amides is 1. The van der Waals surface area contributed by atoms with E-state index in [1.165, 1.54) is 11.1 Å². The highest BCUT2D eigenvalue weighted by Crippen LogP contribution is 2.33. The molecule has 1 saturated heterocycles. The highest BCUT2D eigenvalue weighted by atomic mass is 127. The number of carbonyl (C=O) groups excluding carboxylic acids is 1. The molecular weight excluding hydrogens is 390 g/mol. The molecule has 5 nitrogen and oxygen atoms in total. The average molecular weight is 408 g/mol. The Bertz CT molecular complexity index is 521. The van der Waals surface area contributed by atoms with Gasteiger partial charge in [-0.15, -0.1) is 0 Å². The molecule has 0 aromatic carbocycles. The number of hydrogen-bond acceptors (Lipinski definition) is 4. The molecule has 0 radical (unpaired) electrons. The van der Waals surface area contributed by atoms with Crippen molar-refractivity contribution < 1.29 is 19.0 Å². The van der Waals surface area contributed by atoms with Crippen molar-refractivity contribution in [2.24, 2.45) is 5.92 Å². The third-order valence-electron chi connectivity index (χ3n) is 3.19. The fourth-order valence-electron chi connectivity index (χ4n) is 2.11. The zero-order chi connectivity index (χ0) is 15.8. The molecule has 2 heterocycles. The van der Waals surface area contributed by atoms with Crippen molar-refractivity contribution >= 4 is 28.7 Å². The van der Waals surface area contributed by atoms with Gasteiger partial charge in [-0.2, -0.15) is 4.39 Å². The van der Waals surface area contributed by atoms with Crippen LogP contribution in [0, 0.1) is 15.4 Å². The van der Waals surface area contributed by atoms with Crippen molar-refractivity contribution in [2.45, 2.75) is 32.5 Å². The van der Waals surface area contributed by atoms with Crippen LogP contribution in [0.1, 0.15) is 32.4 Å². The molecule has 1 amide bonds. The van der Waals surface area contributed by atoms with Crippen molar-refractivity contribution in [1.29, 1.82) is 0 Å². The number of aliphatic hydroxyl groups is 1. The Morgan fingerprint density at radius 2 is 2.19 bits per heavy atom. The summed E-state index contributed by atoms with van der Waals surface area (Å²) in [5.41, 5.74) is -0.349. The van der Waals surface area contributed by atoms with Crippen LogP contribution >= 0.6 is 22.6 Å². The number of nitrogens with zero attached hydrogens (tertiary/aromatic N) is 2. The topological polar surface area (TPSA) is 62.7 Å². The van der Waals surface area contributed by atoms with E-state index in [4.69, 9.17) is 4.74 Å². The molecule has 1 aromatic rings. The van der Waals surface area contributed by atoms with Crippen molar-refractivity contribution in [3.63, 3.8) is 0 Å². The molecule has 1 fully saturated rings. The smallest absolute Gasteiger partial charge is 0.410 e. The minimum absolute atomic E-state index is 0.201. The van der Waals surface area contributed by atoms with Gasteiger partial charge in [-0.1, -0.05) is 0 Å². The summed E-state index contributed by atoms with van der Waals surface area (Å²) in [6.07, 6.45) is -0.0160. The van der Waals surface area contributed by atoms with Crippen LogP contribution in [0.5, 0.6) is 0 Å². The monoisotopic (exact) mass is 408 g/mol. The predicted octanol–water partition coefficient (Wildman–Crippen LogP) is 2.73. The molecule has 1 aromatic heterocycles. The highest BCUT2D eigenvalue weighted by Gasteiger charge is 2.39. The van der Waals surface area contributed by atoms with Gasteiger partial charge in [-0.3, -0.25) is 0 Å². The number of rotatable bonds is 2. The lowest BCUT2D eigenvalue weighted by Gasteiger charge is -2.42. The second-order valence-electron chi connectivity index (χ2n) is 6.09. The van der Waals surface area contributed by atoms with Crippen LogP contribution in [0.4, 0.5) is 9.18 Å². The SMILES string of the molecule is CC(C)(C)OC(=O)N1CC(C(O)c2c(I)ccnc2F)C1. The summed E-state index contributed by atoms with van der Waals surface area (Å²) in [6, 6.07) is 1.65. The van der Waals surface area contributed by atoms with E-state index in [1.54, 1.807) is 26.8 Å². The van der Waals surface area contributed by atoms with Gasteiger partial charge in [0.05, 0.1) is 6.10 Å². The van der Waals surface area contributed by atoms with E-state index < -0.39 is 23.7 Å². The van der Waals surface area contributed by atoms with Gasteiger partial charge in [0, 0.05) is 34.3 Å². The van der Waals surface area contributed by atoms with Gasteiger partial charge in [0.25, 0.3) is 0 Å². The molecule has 116 valence electrons. The van der Waals surface area contributed by atoms with E-state index in [-0.39, 0.29) is 11.5 Å². The maximum absolute atomic E-state index is 13.7. The number of hydrogen-bond donors (Lipinski definition) is 1. The van der Waals surface area contributed by atoms with Gasteiger partial charge in [-0.25, -0.2) is 9.78 Å². The van der Waals surface area contributed by atoms with Crippen molar-refractivity contribution in [3.8, 4) is 0 Å². The first-order valence-corrected chi connectivity index (χ1v) is 7.73. The number of aliphatic hydroxyl groups excluding tert-OH is 1. The van der Waals surface area contributed by atoms with E-state index in [0.29, 0.717) is 16.7 Å². The number of halogens is 2. The molecule has 1 atom stereocenters. The van der Waals surface area contributed by atoms with Crippen molar-refractivity contribution in [3.05, 3.63) is 27.3 Å². The lowest BCUT2D eigenvalue weighted by molar-refractivity contribution is -0.0325. The fourth-order valence-corrected chi connectivity index (χ4v) is 2.82. The maximum Gasteiger partial charge on any atom is 0.410 e. The highest BCUT2D eigenvalue weighted by molar-refractivity contribution is 14.1. The second-order valence-corrected chi connectivity index (χ2v) is 7.25. The maximum atomic E-state index is 13.7. The molecule has 7 heteroatoms. The van der Waals surface area contributed by atoms with Gasteiger partial charge < -0.3 is 14.7 Å². The minimum Gasteiger partial charge on any atom is -0.444 e. The molecule has 1 unspecified atom stereocenters. The van der Waals surface area contributed by atoms with Crippen LogP contribution in [0.15, 0.2) is 12.3 Å². The largest absolute Gasteiger partial charge is 0.444 e. The molecule has 1 aliphatic rings. The first-order valence-electron chi connectivity index (χ1n) is 6.65. The zero-order valence-corrected chi connectivity index (χ0v) is 14.3. The van der Waals surface area contributed by atoms with E-state index in [9.17, 15) is 14.3 Å². The molecule has 0 spiro atoms. The number of likely N-dealkylation sites (tertiary alicyclic amines) is 1. The molecule has 2 rings (SSSR count). The fraction of sp³-hybridized carbons (Fsp3) is 0.571. The summed E-state index contributed by atoms with van der Waals surface area (Å²) in [5, 5.41) is 10.3. The Morgan fingerprint density at radius 3 is 2.71 bits per heavy atom. The summed E-state index contributed by atoms with van der Waals surface area (Å²) in [6.45, 7) is 6.08. The van der Waals surface area contributed by atoms with Crippen molar-refractivity contribution in [1.82, 2.24) is 9.88 Å². The first kappa shape index (κ1) is 16.4. The lowest BCUT2D eigenvalue weighted by Crippen LogP contribution is -2.53. The van der Waals surface area contributed by atoms with E-state index in [0.717, 1.165) is 0 Å². The van der Waals surface area contributed by atoms with Gasteiger partial charge in [0.1, 0.15) is 5.60 Å². The molecule has 1 N–H and O–H groups in total. The van der Waals surface area contributed by atoms with E-state index in [1.807, 2.05) is 22.6 Å². The van der Waals surface area contributed by atoms with E-state index >= 15 is 0 Å². The van der Waals surface area contributed by atoms with E-state index in [2.05, 4.69) is 4.98 Å². The van der Waals surface area contributed by atoms with Crippen LogP contribution in [-0.4, -0.2) is 39.8 Å². The summed E-state index contributed by atoms with van der Waals surface area (Å²) in [4.78, 5) is 16.9. The normalized spacial score (nSPS) is 17.3. The Morgan fingerprint density at radius 1 is 1.57 bits per heavy atom. The summed E-state index contributed by atoms with van der Waals surface area (Å²) >= 11 is 1.97. The summed E-state index contributed by atoms with van der Waals surface area (Å²) < 4.78 is 19.6. The van der Waals surface area contributed by atoms with Crippen molar-refractivity contribution in [2.75, 3.05) is 13.1 Å². The molecule has 1 aliphatic heterocycles.